The predicted molar refractivity (Wildman–Crippen MR) is 136 cm³/mol. The lowest BCUT2D eigenvalue weighted by molar-refractivity contribution is -0.699. The first-order chi connectivity index (χ1) is 18.3. The number of non-ortho nitro benzene ring substituents is 2. The van der Waals surface area contributed by atoms with Gasteiger partial charge in [0.2, 0.25) is 0 Å². The van der Waals surface area contributed by atoms with Crippen molar-refractivity contribution in [3.05, 3.63) is 144 Å². The van der Waals surface area contributed by atoms with Gasteiger partial charge < -0.3 is 0 Å². The van der Waals surface area contributed by atoms with Crippen LogP contribution in [0.5, 0.6) is 0 Å². The van der Waals surface area contributed by atoms with Crippen LogP contribution in [0.1, 0.15) is 22.7 Å². The van der Waals surface area contributed by atoms with E-state index in [-0.39, 0.29) is 17.9 Å². The van der Waals surface area contributed by atoms with Crippen LogP contribution in [-0.2, 0) is 13.0 Å². The van der Waals surface area contributed by atoms with E-state index in [0.29, 0.717) is 5.56 Å². The number of nitro benzene ring substituents is 3. The van der Waals surface area contributed by atoms with Crippen LogP contribution < -0.4 is 4.57 Å². The number of benzene rings is 3. The number of rotatable bonds is 10. The van der Waals surface area contributed by atoms with Crippen molar-refractivity contribution in [2.75, 3.05) is 0 Å². The third-order valence-electron chi connectivity index (χ3n) is 5.76. The van der Waals surface area contributed by atoms with Crippen molar-refractivity contribution in [1.82, 2.24) is 0 Å². The molecule has 1 heterocycles. The molecule has 12 nitrogen and oxygen atoms in total. The molecule has 0 aliphatic heterocycles. The lowest BCUT2D eigenvalue weighted by Gasteiger charge is -2.09. The van der Waals surface area contributed by atoms with Crippen LogP contribution in [0.3, 0.4) is 0 Å². The molecule has 0 saturated carbocycles. The molecule has 190 valence electrons. The fraction of sp³-hybridized carbons (Fsp3) is 0.115. The second-order valence-corrected chi connectivity index (χ2v) is 8.33. The minimum Gasteiger partial charge on any atom is -0.258 e. The van der Waals surface area contributed by atoms with Gasteiger partial charge in [0, 0.05) is 30.3 Å². The molecule has 1 unspecified atom stereocenters. The second kappa shape index (κ2) is 11.6. The fourth-order valence-electron chi connectivity index (χ4n) is 3.77. The van der Waals surface area contributed by atoms with Crippen LogP contribution in [0.4, 0.5) is 22.7 Å². The summed E-state index contributed by atoms with van der Waals surface area (Å²) in [4.78, 5) is 31.6. The SMILES string of the molecule is O=[N+]([O-])c1ccc(C(C[n+]2ccc(Cc3ccccc3)cc2)N=Nc2ccc([N+](=O)[O-])cc2[N+](=O)[O-])cc1. The summed E-state index contributed by atoms with van der Waals surface area (Å²) in [6.07, 6.45) is 4.51. The van der Waals surface area contributed by atoms with Gasteiger partial charge in [-0.05, 0) is 41.3 Å². The van der Waals surface area contributed by atoms with Gasteiger partial charge in [-0.3, -0.25) is 30.3 Å². The summed E-state index contributed by atoms with van der Waals surface area (Å²) in [7, 11) is 0. The number of pyridine rings is 1. The molecule has 1 atom stereocenters. The quantitative estimate of drug-likeness (QED) is 0.113. The van der Waals surface area contributed by atoms with Crippen molar-refractivity contribution < 1.29 is 19.3 Å². The lowest BCUT2D eigenvalue weighted by Crippen LogP contribution is -2.35. The van der Waals surface area contributed by atoms with Gasteiger partial charge in [-0.25, -0.2) is 4.57 Å². The maximum Gasteiger partial charge on any atom is 0.303 e. The molecule has 0 saturated heterocycles. The van der Waals surface area contributed by atoms with Crippen molar-refractivity contribution in [3.8, 4) is 0 Å². The molecule has 0 spiro atoms. The Bertz CT molecular complexity index is 1490. The number of hydrogen-bond acceptors (Lipinski definition) is 8. The van der Waals surface area contributed by atoms with Crippen LogP contribution in [0.2, 0.25) is 0 Å². The highest BCUT2D eigenvalue weighted by molar-refractivity contribution is 5.61. The Morgan fingerprint density at radius 3 is 1.92 bits per heavy atom. The fourth-order valence-corrected chi connectivity index (χ4v) is 3.77. The summed E-state index contributed by atoms with van der Waals surface area (Å²) in [5.74, 6) is 0. The standard InChI is InChI=1S/C26H21N6O6/c33-30(34)22-8-6-21(7-9-22)25(28-27-24-11-10-23(31(35)36)17-26(24)32(37)38)18-29-14-12-20(13-15-29)16-19-4-2-1-3-5-19/h1-15,17,25H,16,18H2/q+1. The molecule has 0 amide bonds. The van der Waals surface area contributed by atoms with E-state index in [1.807, 2.05) is 59.4 Å². The van der Waals surface area contributed by atoms with E-state index in [4.69, 9.17) is 0 Å². The number of aromatic nitrogens is 1. The molecule has 1 aromatic heterocycles. The Balaban J connectivity index is 1.62. The van der Waals surface area contributed by atoms with Crippen molar-refractivity contribution in [2.45, 2.75) is 19.0 Å². The monoisotopic (exact) mass is 513 g/mol. The number of nitrogens with zero attached hydrogens (tertiary/aromatic N) is 6. The highest BCUT2D eigenvalue weighted by Crippen LogP contribution is 2.33. The zero-order valence-corrected chi connectivity index (χ0v) is 19.9. The maximum atomic E-state index is 11.5. The normalized spacial score (nSPS) is 11.8. The molecule has 3 aromatic carbocycles. The van der Waals surface area contributed by atoms with Gasteiger partial charge in [0.15, 0.2) is 30.7 Å². The first-order valence-corrected chi connectivity index (χ1v) is 11.4. The Morgan fingerprint density at radius 2 is 1.32 bits per heavy atom. The molecule has 4 rings (SSSR count). The largest absolute Gasteiger partial charge is 0.303 e. The van der Waals surface area contributed by atoms with E-state index in [1.54, 1.807) is 12.1 Å². The zero-order chi connectivity index (χ0) is 27.1. The Morgan fingerprint density at radius 1 is 0.711 bits per heavy atom. The van der Waals surface area contributed by atoms with Crippen LogP contribution in [0.25, 0.3) is 0 Å². The molecule has 38 heavy (non-hydrogen) atoms. The van der Waals surface area contributed by atoms with E-state index < -0.39 is 32.2 Å². The lowest BCUT2D eigenvalue weighted by atomic mass is 10.1. The number of hydrogen-bond donors (Lipinski definition) is 0. The molecule has 0 aliphatic rings. The molecule has 12 heteroatoms. The summed E-state index contributed by atoms with van der Waals surface area (Å²) in [5, 5.41) is 41.9. The smallest absolute Gasteiger partial charge is 0.258 e. The molecule has 0 aliphatic carbocycles. The molecular weight excluding hydrogens is 492 g/mol. The average Bonchev–Trinajstić information content (AvgIpc) is 2.92. The third-order valence-corrected chi connectivity index (χ3v) is 5.76. The highest BCUT2D eigenvalue weighted by atomic mass is 16.6. The minimum atomic E-state index is -0.761. The van der Waals surface area contributed by atoms with Crippen LogP contribution in [0, 0.1) is 30.3 Å². The van der Waals surface area contributed by atoms with E-state index in [0.717, 1.165) is 30.2 Å². The zero-order valence-electron chi connectivity index (χ0n) is 19.9. The van der Waals surface area contributed by atoms with Crippen molar-refractivity contribution in [1.29, 1.82) is 0 Å². The first-order valence-electron chi connectivity index (χ1n) is 11.4. The summed E-state index contributed by atoms with van der Waals surface area (Å²) in [6, 6.07) is 22.2. The van der Waals surface area contributed by atoms with E-state index in [2.05, 4.69) is 10.2 Å². The van der Waals surface area contributed by atoms with Gasteiger partial charge in [0.1, 0.15) is 0 Å². The van der Waals surface area contributed by atoms with E-state index in [9.17, 15) is 30.3 Å². The first kappa shape index (κ1) is 25.7. The Hall–Kier alpha value is -5.39. The van der Waals surface area contributed by atoms with Crippen LogP contribution in [-0.4, -0.2) is 14.8 Å². The van der Waals surface area contributed by atoms with E-state index in [1.165, 1.54) is 17.7 Å². The summed E-state index contributed by atoms with van der Waals surface area (Å²) in [5.41, 5.74) is 1.65. The Kier molecular flexibility index (Phi) is 7.82. The van der Waals surface area contributed by atoms with Crippen molar-refractivity contribution in [2.24, 2.45) is 10.2 Å². The maximum absolute atomic E-state index is 11.5. The van der Waals surface area contributed by atoms with Gasteiger partial charge in [0.25, 0.3) is 11.4 Å². The summed E-state index contributed by atoms with van der Waals surface area (Å²) < 4.78 is 1.86. The summed E-state index contributed by atoms with van der Waals surface area (Å²) in [6.45, 7) is 0.285. The van der Waals surface area contributed by atoms with Gasteiger partial charge in [0.05, 0.1) is 20.8 Å². The molecular formula is C26H21N6O6+. The van der Waals surface area contributed by atoms with Crippen molar-refractivity contribution >= 4 is 22.7 Å². The van der Waals surface area contributed by atoms with Crippen molar-refractivity contribution in [3.63, 3.8) is 0 Å². The third kappa shape index (κ3) is 6.43. The van der Waals surface area contributed by atoms with E-state index >= 15 is 0 Å². The number of azo groups is 1. The van der Waals surface area contributed by atoms with Crippen LogP contribution >= 0.6 is 0 Å². The topological polar surface area (TPSA) is 158 Å². The van der Waals surface area contributed by atoms with Gasteiger partial charge in [-0.15, -0.1) is 5.11 Å². The van der Waals surface area contributed by atoms with Gasteiger partial charge in [-0.1, -0.05) is 30.3 Å². The molecule has 0 fully saturated rings. The second-order valence-electron chi connectivity index (χ2n) is 8.33. The average molecular weight is 513 g/mol. The summed E-state index contributed by atoms with van der Waals surface area (Å²) >= 11 is 0. The minimum absolute atomic E-state index is 0.0895. The highest BCUT2D eigenvalue weighted by Gasteiger charge is 2.22. The molecule has 0 bridgehead atoms. The van der Waals surface area contributed by atoms with Gasteiger partial charge >= 0.3 is 5.69 Å². The van der Waals surface area contributed by atoms with Gasteiger partial charge in [-0.2, -0.15) is 5.11 Å². The molecule has 0 N–H and O–H groups in total. The molecule has 4 aromatic rings. The molecule has 0 radical (unpaired) electrons. The predicted octanol–water partition coefficient (Wildman–Crippen LogP) is 5.81. The number of nitro groups is 3. The Labute approximate surface area is 216 Å². The van der Waals surface area contributed by atoms with Crippen LogP contribution in [0.15, 0.2) is 108 Å².